The Labute approximate surface area is 157 Å². The number of carbonyl (C=O) groups excluding carboxylic acids is 1. The van der Waals surface area contributed by atoms with Gasteiger partial charge in [-0.2, -0.15) is 5.10 Å². The summed E-state index contributed by atoms with van der Waals surface area (Å²) in [5.41, 5.74) is 2.74. The van der Waals surface area contributed by atoms with E-state index in [4.69, 9.17) is 0 Å². The van der Waals surface area contributed by atoms with E-state index >= 15 is 0 Å². The quantitative estimate of drug-likeness (QED) is 0.764. The molecule has 2 N–H and O–H groups in total. The summed E-state index contributed by atoms with van der Waals surface area (Å²) in [6.07, 6.45) is 2.71. The highest BCUT2D eigenvalue weighted by Crippen LogP contribution is 2.20. The second-order valence-corrected chi connectivity index (χ2v) is 8.33. The van der Waals surface area contributed by atoms with Crippen LogP contribution in [0, 0.1) is 6.92 Å². The number of hydrogen-bond donors (Lipinski definition) is 2. The third kappa shape index (κ3) is 4.42. The van der Waals surface area contributed by atoms with Crippen LogP contribution >= 0.6 is 0 Å². The molecule has 3 rings (SSSR count). The van der Waals surface area contributed by atoms with Crippen molar-refractivity contribution in [1.29, 1.82) is 0 Å². The maximum atomic E-state index is 12.5. The number of sulfonamides is 1. The van der Waals surface area contributed by atoms with Crippen molar-refractivity contribution in [3.05, 3.63) is 51.4 Å². The third-order valence-electron chi connectivity index (χ3n) is 4.42. The summed E-state index contributed by atoms with van der Waals surface area (Å²) in [5.74, 6) is -0.226. The second kappa shape index (κ2) is 7.61. The van der Waals surface area contributed by atoms with Gasteiger partial charge in [0.25, 0.3) is 5.56 Å². The number of anilines is 1. The van der Waals surface area contributed by atoms with Crippen LogP contribution in [-0.2, 0) is 34.2 Å². The minimum atomic E-state index is -3.74. The van der Waals surface area contributed by atoms with Gasteiger partial charge in [-0.1, -0.05) is 0 Å². The summed E-state index contributed by atoms with van der Waals surface area (Å²) in [7, 11) is -3.74. The lowest BCUT2D eigenvalue weighted by Crippen LogP contribution is -2.32. The van der Waals surface area contributed by atoms with E-state index in [1.807, 2.05) is 0 Å². The van der Waals surface area contributed by atoms with E-state index in [1.165, 1.54) is 23.7 Å². The van der Waals surface area contributed by atoms with Crippen LogP contribution in [0.2, 0.25) is 0 Å². The van der Waals surface area contributed by atoms with Crippen molar-refractivity contribution in [1.82, 2.24) is 14.5 Å². The Balaban J connectivity index is 1.69. The van der Waals surface area contributed by atoms with E-state index in [1.54, 1.807) is 19.1 Å². The van der Waals surface area contributed by atoms with Crippen LogP contribution in [0.1, 0.15) is 30.2 Å². The number of aryl methyl sites for hydroxylation is 3. The van der Waals surface area contributed by atoms with E-state index in [2.05, 4.69) is 15.1 Å². The monoisotopic (exact) mass is 390 g/mol. The number of amides is 1. The molecule has 0 saturated carbocycles. The Morgan fingerprint density at radius 1 is 1.26 bits per heavy atom. The molecule has 0 atom stereocenters. The molecule has 0 bridgehead atoms. The number of fused-ring (bicyclic) bond motifs is 1. The minimum absolute atomic E-state index is 0.0565. The molecule has 1 aliphatic rings. The van der Waals surface area contributed by atoms with Gasteiger partial charge in [-0.25, -0.2) is 17.8 Å². The Kier molecular flexibility index (Phi) is 5.43. The Bertz CT molecular complexity index is 1040. The van der Waals surface area contributed by atoms with Gasteiger partial charge >= 0.3 is 0 Å². The van der Waals surface area contributed by atoms with Gasteiger partial charge < -0.3 is 5.32 Å². The normalized spacial score (nSPS) is 13.4. The van der Waals surface area contributed by atoms with Gasteiger partial charge in [0.2, 0.25) is 15.9 Å². The van der Waals surface area contributed by atoms with Crippen LogP contribution in [0.5, 0.6) is 0 Å². The minimum Gasteiger partial charge on any atom is -0.326 e. The molecule has 1 aromatic heterocycles. The average molecular weight is 390 g/mol. The predicted octanol–water partition coefficient (Wildman–Crippen LogP) is 0.977. The van der Waals surface area contributed by atoms with E-state index in [-0.39, 0.29) is 29.5 Å². The van der Waals surface area contributed by atoms with Crippen LogP contribution in [0.15, 0.2) is 34.0 Å². The molecule has 0 saturated heterocycles. The molecule has 1 aromatic carbocycles. The molecular formula is C18H22N4O4S. The molecule has 0 aliphatic heterocycles. The summed E-state index contributed by atoms with van der Waals surface area (Å²) in [6.45, 7) is 3.26. The first-order chi connectivity index (χ1) is 12.8. The zero-order chi connectivity index (χ0) is 19.6. The van der Waals surface area contributed by atoms with Gasteiger partial charge in [-0.05, 0) is 55.5 Å². The van der Waals surface area contributed by atoms with Gasteiger partial charge in [0.05, 0.1) is 17.1 Å². The molecule has 1 amide bonds. The van der Waals surface area contributed by atoms with Crippen molar-refractivity contribution in [3.63, 3.8) is 0 Å². The Hall–Kier alpha value is -2.52. The highest BCUT2D eigenvalue weighted by atomic mass is 32.2. The lowest BCUT2D eigenvalue weighted by atomic mass is 10.2. The molecule has 8 nitrogen and oxygen atoms in total. The van der Waals surface area contributed by atoms with E-state index in [9.17, 15) is 18.0 Å². The number of benzene rings is 1. The molecule has 27 heavy (non-hydrogen) atoms. The van der Waals surface area contributed by atoms with Crippen molar-refractivity contribution in [2.24, 2.45) is 0 Å². The lowest BCUT2D eigenvalue weighted by Gasteiger charge is -2.12. The molecule has 0 radical (unpaired) electrons. The topological polar surface area (TPSA) is 110 Å². The number of hydrogen-bond acceptors (Lipinski definition) is 5. The largest absolute Gasteiger partial charge is 0.326 e. The fourth-order valence-electron chi connectivity index (χ4n) is 3.20. The van der Waals surface area contributed by atoms with Crippen LogP contribution in [0.4, 0.5) is 5.69 Å². The molecule has 9 heteroatoms. The summed E-state index contributed by atoms with van der Waals surface area (Å²) in [5, 5.41) is 6.95. The van der Waals surface area contributed by atoms with Crippen molar-refractivity contribution in [3.8, 4) is 0 Å². The molecule has 1 heterocycles. The number of nitrogens with zero attached hydrogens (tertiary/aromatic N) is 2. The maximum absolute atomic E-state index is 12.5. The molecule has 1 aliphatic carbocycles. The van der Waals surface area contributed by atoms with Crippen LogP contribution in [0.25, 0.3) is 0 Å². The molecule has 144 valence electrons. The molecule has 0 fully saturated rings. The maximum Gasteiger partial charge on any atom is 0.267 e. The van der Waals surface area contributed by atoms with Crippen LogP contribution in [0.3, 0.4) is 0 Å². The highest BCUT2D eigenvalue weighted by Gasteiger charge is 2.18. The van der Waals surface area contributed by atoms with Crippen LogP contribution in [-0.4, -0.2) is 30.7 Å². The number of nitrogens with one attached hydrogen (secondary N) is 2. The predicted molar refractivity (Wildman–Crippen MR) is 101 cm³/mol. The number of rotatable bonds is 6. The number of aromatic nitrogens is 2. The third-order valence-corrected chi connectivity index (χ3v) is 6.05. The van der Waals surface area contributed by atoms with Crippen molar-refractivity contribution < 1.29 is 13.2 Å². The first kappa shape index (κ1) is 19.2. The lowest BCUT2D eigenvalue weighted by molar-refractivity contribution is -0.114. The molecule has 0 unspecified atom stereocenters. The van der Waals surface area contributed by atoms with Gasteiger partial charge in [0, 0.05) is 25.2 Å². The van der Waals surface area contributed by atoms with E-state index < -0.39 is 10.0 Å². The van der Waals surface area contributed by atoms with Gasteiger partial charge in [-0.15, -0.1) is 0 Å². The standard InChI is InChI=1S/C18H22N4O4S/c1-12-10-15(20-13(2)23)6-7-17(12)27(25,26)19-8-9-22-18(24)11-14-4-3-5-16(14)21-22/h6-7,10-11,19H,3-5,8-9H2,1-2H3,(H,20,23). The summed E-state index contributed by atoms with van der Waals surface area (Å²) in [6, 6.07) is 6.18. The second-order valence-electron chi connectivity index (χ2n) is 6.59. The summed E-state index contributed by atoms with van der Waals surface area (Å²) in [4.78, 5) is 23.3. The number of carbonyl (C=O) groups is 1. The van der Waals surface area contributed by atoms with E-state index in [0.29, 0.717) is 11.3 Å². The van der Waals surface area contributed by atoms with Gasteiger partial charge in [-0.3, -0.25) is 9.59 Å². The fraction of sp³-hybridized carbons (Fsp3) is 0.389. The zero-order valence-electron chi connectivity index (χ0n) is 15.3. The first-order valence-corrected chi connectivity index (χ1v) is 10.2. The molecule has 0 spiro atoms. The van der Waals surface area contributed by atoms with E-state index in [0.717, 1.165) is 30.5 Å². The van der Waals surface area contributed by atoms with Crippen molar-refractivity contribution in [2.75, 3.05) is 11.9 Å². The smallest absolute Gasteiger partial charge is 0.267 e. The fourth-order valence-corrected chi connectivity index (χ4v) is 4.44. The Morgan fingerprint density at radius 2 is 2.04 bits per heavy atom. The van der Waals surface area contributed by atoms with Crippen molar-refractivity contribution in [2.45, 2.75) is 44.6 Å². The van der Waals surface area contributed by atoms with Crippen molar-refractivity contribution >= 4 is 21.6 Å². The first-order valence-electron chi connectivity index (χ1n) is 8.74. The summed E-state index contributed by atoms with van der Waals surface area (Å²) < 4.78 is 28.9. The average Bonchev–Trinajstić information content (AvgIpc) is 3.01. The highest BCUT2D eigenvalue weighted by molar-refractivity contribution is 7.89. The molecular weight excluding hydrogens is 368 g/mol. The SMILES string of the molecule is CC(=O)Nc1ccc(S(=O)(=O)NCCn2nc3c(cc2=O)CCC3)c(C)c1. The summed E-state index contributed by atoms with van der Waals surface area (Å²) >= 11 is 0. The Morgan fingerprint density at radius 3 is 2.74 bits per heavy atom. The molecule has 2 aromatic rings. The zero-order valence-corrected chi connectivity index (χ0v) is 16.1. The van der Waals surface area contributed by atoms with Gasteiger partial charge in [0.15, 0.2) is 0 Å². The van der Waals surface area contributed by atoms with Gasteiger partial charge in [0.1, 0.15) is 0 Å². The van der Waals surface area contributed by atoms with Crippen LogP contribution < -0.4 is 15.6 Å².